The molecule has 5 heteroatoms. The van der Waals surface area contributed by atoms with Gasteiger partial charge >= 0.3 is 0 Å². The molecule has 4 fully saturated rings. The van der Waals surface area contributed by atoms with Crippen molar-refractivity contribution in [3.8, 4) is 11.5 Å². The van der Waals surface area contributed by atoms with Gasteiger partial charge in [0.2, 0.25) is 5.91 Å². The van der Waals surface area contributed by atoms with Crippen molar-refractivity contribution in [2.75, 3.05) is 25.2 Å². The van der Waals surface area contributed by atoms with Crippen LogP contribution >= 0.6 is 11.8 Å². The first-order valence-corrected chi connectivity index (χ1v) is 11.0. The SMILES string of the molecule is COc1ccc(OCCSCC(=O)NC23CC4CC(CC(C4)C2)C3)cc1. The number of methoxy groups -OCH3 is 1. The van der Waals surface area contributed by atoms with Crippen LogP contribution in [0.5, 0.6) is 11.5 Å². The van der Waals surface area contributed by atoms with Gasteiger partial charge in [0.15, 0.2) is 0 Å². The predicted molar refractivity (Wildman–Crippen MR) is 105 cm³/mol. The molecule has 1 aromatic carbocycles. The zero-order valence-electron chi connectivity index (χ0n) is 15.5. The molecule has 0 aromatic heterocycles. The van der Waals surface area contributed by atoms with Crippen LogP contribution in [-0.2, 0) is 4.79 Å². The summed E-state index contributed by atoms with van der Waals surface area (Å²) in [6, 6.07) is 7.59. The first-order valence-electron chi connectivity index (χ1n) is 9.80. The molecule has 4 nitrogen and oxygen atoms in total. The Balaban J connectivity index is 1.15. The van der Waals surface area contributed by atoms with Crippen LogP contribution in [0, 0.1) is 17.8 Å². The maximum atomic E-state index is 12.4. The smallest absolute Gasteiger partial charge is 0.230 e. The van der Waals surface area contributed by atoms with Crippen molar-refractivity contribution in [1.82, 2.24) is 5.32 Å². The van der Waals surface area contributed by atoms with Crippen LogP contribution < -0.4 is 14.8 Å². The number of benzene rings is 1. The minimum absolute atomic E-state index is 0.131. The fraction of sp³-hybridized carbons (Fsp3) is 0.667. The Kier molecular flexibility index (Phi) is 5.35. The lowest BCUT2D eigenvalue weighted by Crippen LogP contribution is -2.60. The van der Waals surface area contributed by atoms with Crippen molar-refractivity contribution in [3.05, 3.63) is 24.3 Å². The number of amides is 1. The molecule has 26 heavy (non-hydrogen) atoms. The topological polar surface area (TPSA) is 47.6 Å². The van der Waals surface area contributed by atoms with Gasteiger partial charge < -0.3 is 14.8 Å². The first kappa shape index (κ1) is 18.0. The minimum Gasteiger partial charge on any atom is -0.497 e. The Morgan fingerprint density at radius 2 is 1.65 bits per heavy atom. The Morgan fingerprint density at radius 3 is 2.23 bits per heavy atom. The van der Waals surface area contributed by atoms with Gasteiger partial charge in [0, 0.05) is 11.3 Å². The van der Waals surface area contributed by atoms with E-state index in [0.717, 1.165) is 35.0 Å². The van der Waals surface area contributed by atoms with Gasteiger partial charge in [-0.25, -0.2) is 0 Å². The maximum Gasteiger partial charge on any atom is 0.230 e. The Morgan fingerprint density at radius 1 is 1.08 bits per heavy atom. The van der Waals surface area contributed by atoms with Crippen LogP contribution in [0.2, 0.25) is 0 Å². The quantitative estimate of drug-likeness (QED) is 0.700. The molecule has 4 bridgehead atoms. The highest BCUT2D eigenvalue weighted by molar-refractivity contribution is 7.99. The molecule has 1 aromatic rings. The molecule has 0 aliphatic heterocycles. The Bertz CT molecular complexity index is 595. The third-order valence-electron chi connectivity index (χ3n) is 6.23. The number of hydrogen-bond acceptors (Lipinski definition) is 4. The Labute approximate surface area is 160 Å². The molecule has 0 heterocycles. The van der Waals surface area contributed by atoms with Gasteiger partial charge in [-0.2, -0.15) is 0 Å². The molecule has 1 N–H and O–H groups in total. The molecule has 0 radical (unpaired) electrons. The molecule has 0 atom stereocenters. The normalized spacial score (nSPS) is 31.7. The molecular weight excluding hydrogens is 346 g/mol. The number of carbonyl (C=O) groups excluding carboxylic acids is 1. The van der Waals surface area contributed by atoms with Crippen LogP contribution in [0.3, 0.4) is 0 Å². The van der Waals surface area contributed by atoms with Crippen LogP contribution in [-0.4, -0.2) is 36.7 Å². The zero-order chi connectivity index (χ0) is 18.0. The molecule has 1 amide bonds. The summed E-state index contributed by atoms with van der Waals surface area (Å²) in [5.74, 6) is 5.83. The van der Waals surface area contributed by atoms with E-state index in [1.54, 1.807) is 18.9 Å². The molecular formula is C21H29NO3S. The van der Waals surface area contributed by atoms with E-state index in [1.165, 1.54) is 38.5 Å². The van der Waals surface area contributed by atoms with E-state index < -0.39 is 0 Å². The van der Waals surface area contributed by atoms with E-state index in [0.29, 0.717) is 12.4 Å². The van der Waals surface area contributed by atoms with E-state index in [1.807, 2.05) is 24.3 Å². The summed E-state index contributed by atoms with van der Waals surface area (Å²) in [6.45, 7) is 0.613. The first-order chi connectivity index (χ1) is 12.6. The molecule has 0 spiro atoms. The second kappa shape index (κ2) is 7.71. The summed E-state index contributed by atoms with van der Waals surface area (Å²) in [4.78, 5) is 12.4. The summed E-state index contributed by atoms with van der Waals surface area (Å²) in [6.07, 6.45) is 7.88. The second-order valence-electron chi connectivity index (χ2n) is 8.32. The van der Waals surface area contributed by atoms with E-state index in [9.17, 15) is 4.79 Å². The fourth-order valence-electron chi connectivity index (χ4n) is 5.65. The standard InChI is InChI=1S/C21H29NO3S/c1-24-18-2-4-19(5-3-18)25-6-7-26-14-20(23)22-21-11-15-8-16(12-21)10-17(9-15)13-21/h2-5,15-17H,6-14H2,1H3,(H,22,23). The monoisotopic (exact) mass is 375 g/mol. The van der Waals surface area contributed by atoms with Gasteiger partial charge in [-0.05, 0) is 80.5 Å². The van der Waals surface area contributed by atoms with Crippen molar-refractivity contribution < 1.29 is 14.3 Å². The second-order valence-corrected chi connectivity index (χ2v) is 9.43. The molecule has 0 saturated heterocycles. The number of ether oxygens (including phenoxy) is 2. The lowest BCUT2D eigenvalue weighted by molar-refractivity contribution is -0.124. The number of thioether (sulfide) groups is 1. The van der Waals surface area contributed by atoms with Crippen LogP contribution in [0.1, 0.15) is 38.5 Å². The molecule has 4 aliphatic rings. The van der Waals surface area contributed by atoms with Crippen LogP contribution in [0.4, 0.5) is 0 Å². The van der Waals surface area contributed by atoms with Gasteiger partial charge in [-0.3, -0.25) is 4.79 Å². The Hall–Kier alpha value is -1.36. The summed E-state index contributed by atoms with van der Waals surface area (Å²) < 4.78 is 10.8. The van der Waals surface area contributed by atoms with Crippen molar-refractivity contribution in [2.24, 2.45) is 17.8 Å². The van der Waals surface area contributed by atoms with Crippen molar-refractivity contribution in [3.63, 3.8) is 0 Å². The number of carbonyl (C=O) groups is 1. The lowest BCUT2D eigenvalue weighted by Gasteiger charge is -2.56. The molecule has 4 saturated carbocycles. The fourth-order valence-corrected chi connectivity index (χ4v) is 6.25. The number of nitrogens with one attached hydrogen (secondary N) is 1. The third kappa shape index (κ3) is 4.13. The van der Waals surface area contributed by atoms with Gasteiger partial charge in [-0.15, -0.1) is 11.8 Å². The largest absolute Gasteiger partial charge is 0.497 e. The van der Waals surface area contributed by atoms with Crippen molar-refractivity contribution in [1.29, 1.82) is 0 Å². The number of hydrogen-bond donors (Lipinski definition) is 1. The summed E-state index contributed by atoms with van der Waals surface area (Å²) in [7, 11) is 1.65. The minimum atomic E-state index is 0.131. The average molecular weight is 376 g/mol. The third-order valence-corrected chi connectivity index (χ3v) is 7.15. The molecule has 142 valence electrons. The van der Waals surface area contributed by atoms with E-state index in [-0.39, 0.29) is 11.4 Å². The molecule has 4 aliphatic carbocycles. The van der Waals surface area contributed by atoms with Gasteiger partial charge in [0.25, 0.3) is 0 Å². The van der Waals surface area contributed by atoms with Crippen LogP contribution in [0.15, 0.2) is 24.3 Å². The zero-order valence-corrected chi connectivity index (χ0v) is 16.4. The summed E-state index contributed by atoms with van der Waals surface area (Å²) >= 11 is 1.66. The molecule has 5 rings (SSSR count). The lowest BCUT2D eigenvalue weighted by atomic mass is 9.53. The van der Waals surface area contributed by atoms with E-state index in [2.05, 4.69) is 5.32 Å². The summed E-state index contributed by atoms with van der Waals surface area (Å²) in [5.41, 5.74) is 0.131. The average Bonchev–Trinajstić information content (AvgIpc) is 2.60. The summed E-state index contributed by atoms with van der Waals surface area (Å²) in [5, 5.41) is 3.43. The highest BCUT2D eigenvalue weighted by atomic mass is 32.2. The van der Waals surface area contributed by atoms with Crippen molar-refractivity contribution in [2.45, 2.75) is 44.1 Å². The van der Waals surface area contributed by atoms with Crippen LogP contribution in [0.25, 0.3) is 0 Å². The molecule has 0 unspecified atom stereocenters. The predicted octanol–water partition coefficient (Wildman–Crippen LogP) is 3.89. The van der Waals surface area contributed by atoms with Gasteiger partial charge in [0.1, 0.15) is 11.5 Å². The van der Waals surface area contributed by atoms with Gasteiger partial charge in [-0.1, -0.05) is 0 Å². The highest BCUT2D eigenvalue weighted by Crippen LogP contribution is 2.55. The highest BCUT2D eigenvalue weighted by Gasteiger charge is 2.51. The van der Waals surface area contributed by atoms with Gasteiger partial charge in [0.05, 0.1) is 19.5 Å². The number of rotatable bonds is 8. The van der Waals surface area contributed by atoms with Crippen molar-refractivity contribution >= 4 is 17.7 Å². The van der Waals surface area contributed by atoms with E-state index in [4.69, 9.17) is 9.47 Å². The van der Waals surface area contributed by atoms with E-state index >= 15 is 0 Å². The maximum absolute atomic E-state index is 12.4.